The van der Waals surface area contributed by atoms with E-state index in [1.807, 2.05) is 0 Å². The molecule has 0 unspecified atom stereocenters. The second kappa shape index (κ2) is 9.16. The first-order valence-corrected chi connectivity index (χ1v) is 6.84. The number of nitrogens with zero attached hydrogens (tertiary/aromatic N) is 1. The molecule has 1 heterocycles. The Labute approximate surface area is 118 Å². The van der Waals surface area contributed by atoms with E-state index >= 15 is 0 Å². The van der Waals surface area contributed by atoms with Gasteiger partial charge in [0.05, 0.1) is 12.8 Å². The highest BCUT2D eigenvalue weighted by atomic mass is 35.5. The maximum atomic E-state index is 12.8. The van der Waals surface area contributed by atoms with Crippen LogP contribution in [0, 0.1) is 5.82 Å². The molecule has 0 fully saturated rings. The van der Waals surface area contributed by atoms with Crippen LogP contribution in [0.2, 0.25) is 0 Å². The Balaban J connectivity index is 0.00000324. The van der Waals surface area contributed by atoms with Crippen molar-refractivity contribution < 1.29 is 17.5 Å². The normalized spacial score (nSPS) is 11.1. The zero-order valence-electron chi connectivity index (χ0n) is 10.4. The molecule has 2 N–H and O–H groups in total. The van der Waals surface area contributed by atoms with Crippen LogP contribution in [0.25, 0.3) is 0 Å². The van der Waals surface area contributed by atoms with Gasteiger partial charge in [-0.2, -0.15) is 0 Å². The monoisotopic (exact) mass is 313 g/mol. The topological polar surface area (TPSA) is 80.3 Å². The van der Waals surface area contributed by atoms with Gasteiger partial charge in [0.25, 0.3) is 0 Å². The van der Waals surface area contributed by atoms with Gasteiger partial charge < -0.3 is 10.1 Å². The van der Waals surface area contributed by atoms with Crippen LogP contribution in [0.3, 0.4) is 0 Å². The summed E-state index contributed by atoms with van der Waals surface area (Å²) in [4.78, 5) is 3.31. The number of nitrogens with one attached hydrogen (secondary N) is 2. The second-order valence-corrected chi connectivity index (χ2v) is 5.25. The number of hydrogen-bond donors (Lipinski definition) is 2. The van der Waals surface area contributed by atoms with Crippen molar-refractivity contribution in [2.45, 2.75) is 4.90 Å². The highest BCUT2D eigenvalue weighted by Gasteiger charge is 2.14. The minimum atomic E-state index is -3.70. The van der Waals surface area contributed by atoms with Crippen molar-refractivity contribution in [3.8, 4) is 0 Å². The summed E-state index contributed by atoms with van der Waals surface area (Å²) >= 11 is 0. The zero-order chi connectivity index (χ0) is 13.4. The SMILES string of the molecule is COCCNCCNS(=O)(=O)c1cncc(F)c1.Cl. The van der Waals surface area contributed by atoms with Crippen LogP contribution in [-0.4, -0.2) is 46.8 Å². The number of rotatable bonds is 8. The smallest absolute Gasteiger partial charge is 0.242 e. The Morgan fingerprint density at radius 2 is 2.05 bits per heavy atom. The van der Waals surface area contributed by atoms with Crippen LogP contribution in [-0.2, 0) is 14.8 Å². The lowest BCUT2D eigenvalue weighted by molar-refractivity contribution is 0.199. The molecule has 1 rings (SSSR count). The molecule has 0 bridgehead atoms. The number of methoxy groups -OCH3 is 1. The maximum Gasteiger partial charge on any atom is 0.242 e. The fourth-order valence-corrected chi connectivity index (χ4v) is 2.20. The van der Waals surface area contributed by atoms with Gasteiger partial charge in [-0.3, -0.25) is 4.98 Å². The number of pyridine rings is 1. The van der Waals surface area contributed by atoms with Crippen molar-refractivity contribution in [3.63, 3.8) is 0 Å². The molecule has 19 heavy (non-hydrogen) atoms. The van der Waals surface area contributed by atoms with Crippen LogP contribution >= 0.6 is 12.4 Å². The molecule has 0 saturated heterocycles. The summed E-state index contributed by atoms with van der Waals surface area (Å²) in [5.41, 5.74) is 0. The molecule has 0 aromatic carbocycles. The molecule has 6 nitrogen and oxygen atoms in total. The summed E-state index contributed by atoms with van der Waals surface area (Å²) in [6, 6.07) is 0.924. The van der Waals surface area contributed by atoms with Crippen LogP contribution in [0.5, 0.6) is 0 Å². The number of ether oxygens (including phenoxy) is 1. The summed E-state index contributed by atoms with van der Waals surface area (Å²) in [6.07, 6.45) is 2.05. The van der Waals surface area contributed by atoms with E-state index in [4.69, 9.17) is 4.74 Å². The van der Waals surface area contributed by atoms with E-state index in [1.165, 1.54) is 0 Å². The fraction of sp³-hybridized carbons (Fsp3) is 0.500. The molecule has 0 aliphatic heterocycles. The lowest BCUT2D eigenvalue weighted by atomic mass is 10.5. The molecule has 0 radical (unpaired) electrons. The van der Waals surface area contributed by atoms with Gasteiger partial charge in [-0.05, 0) is 6.07 Å². The van der Waals surface area contributed by atoms with E-state index < -0.39 is 15.8 Å². The minimum absolute atomic E-state index is 0. The van der Waals surface area contributed by atoms with Gasteiger partial charge in [-0.25, -0.2) is 17.5 Å². The molecule has 0 aliphatic rings. The van der Waals surface area contributed by atoms with Crippen LogP contribution in [0.1, 0.15) is 0 Å². The quantitative estimate of drug-likeness (QED) is 0.668. The van der Waals surface area contributed by atoms with E-state index in [0.717, 1.165) is 18.5 Å². The molecule has 0 spiro atoms. The summed E-state index contributed by atoms with van der Waals surface area (Å²) in [5.74, 6) is -0.684. The highest BCUT2D eigenvalue weighted by Crippen LogP contribution is 2.07. The summed E-state index contributed by atoms with van der Waals surface area (Å²) in [5, 5.41) is 2.98. The molecule has 0 aliphatic carbocycles. The van der Waals surface area contributed by atoms with Gasteiger partial charge in [0.2, 0.25) is 10.0 Å². The standard InChI is InChI=1S/C10H16FN3O3S.ClH/c1-17-5-4-12-2-3-14-18(15,16)10-6-9(11)7-13-8-10;/h6-8,12,14H,2-5H2,1H3;1H. The number of sulfonamides is 1. The summed E-state index contributed by atoms with van der Waals surface area (Å²) in [7, 11) is -2.11. The third-order valence-electron chi connectivity index (χ3n) is 2.07. The van der Waals surface area contributed by atoms with Crippen LogP contribution in [0.15, 0.2) is 23.4 Å². The third-order valence-corrected chi connectivity index (χ3v) is 3.49. The molecule has 9 heteroatoms. The van der Waals surface area contributed by atoms with Crippen molar-refractivity contribution in [2.24, 2.45) is 0 Å². The molecule has 110 valence electrons. The van der Waals surface area contributed by atoms with Crippen molar-refractivity contribution in [1.29, 1.82) is 0 Å². The molecule has 1 aromatic rings. The molecule has 0 atom stereocenters. The van der Waals surface area contributed by atoms with Gasteiger partial charge in [-0.15, -0.1) is 12.4 Å². The zero-order valence-corrected chi connectivity index (χ0v) is 12.1. The van der Waals surface area contributed by atoms with Gasteiger partial charge in [0.1, 0.15) is 10.7 Å². The highest BCUT2D eigenvalue weighted by molar-refractivity contribution is 7.89. The van der Waals surface area contributed by atoms with Gasteiger partial charge in [-0.1, -0.05) is 0 Å². The lowest BCUT2D eigenvalue weighted by Crippen LogP contribution is -2.33. The van der Waals surface area contributed by atoms with E-state index in [9.17, 15) is 12.8 Å². The maximum absolute atomic E-state index is 12.8. The van der Waals surface area contributed by atoms with Gasteiger partial charge in [0, 0.05) is 32.9 Å². The first kappa shape index (κ1) is 18.2. The van der Waals surface area contributed by atoms with Gasteiger partial charge in [0.15, 0.2) is 0 Å². The predicted molar refractivity (Wildman–Crippen MR) is 71.4 cm³/mol. The second-order valence-electron chi connectivity index (χ2n) is 3.48. The Hall–Kier alpha value is -0.800. The number of aromatic nitrogens is 1. The first-order valence-electron chi connectivity index (χ1n) is 5.36. The Morgan fingerprint density at radius 1 is 1.32 bits per heavy atom. The average Bonchev–Trinajstić information content (AvgIpc) is 2.33. The van der Waals surface area contributed by atoms with Gasteiger partial charge >= 0.3 is 0 Å². The molecule has 1 aromatic heterocycles. The van der Waals surface area contributed by atoms with E-state index in [2.05, 4.69) is 15.0 Å². The number of halogens is 2. The van der Waals surface area contributed by atoms with Crippen LogP contribution in [0.4, 0.5) is 4.39 Å². The molecule has 0 saturated carbocycles. The van der Waals surface area contributed by atoms with Crippen molar-refractivity contribution in [3.05, 3.63) is 24.3 Å². The third kappa shape index (κ3) is 6.79. The molecule has 0 amide bonds. The summed E-state index contributed by atoms with van der Waals surface area (Å²) in [6.45, 7) is 1.87. The lowest BCUT2D eigenvalue weighted by Gasteiger charge is -2.07. The summed E-state index contributed by atoms with van der Waals surface area (Å²) < 4.78 is 43.4. The van der Waals surface area contributed by atoms with E-state index in [-0.39, 0.29) is 23.8 Å². The Kier molecular flexibility index (Phi) is 8.77. The van der Waals surface area contributed by atoms with Crippen molar-refractivity contribution in [1.82, 2.24) is 15.0 Å². The number of hydrogen-bond acceptors (Lipinski definition) is 5. The van der Waals surface area contributed by atoms with Crippen molar-refractivity contribution >= 4 is 22.4 Å². The first-order chi connectivity index (χ1) is 8.56. The minimum Gasteiger partial charge on any atom is -0.383 e. The Morgan fingerprint density at radius 3 is 2.68 bits per heavy atom. The molecular formula is C10H17ClFN3O3S. The van der Waals surface area contributed by atoms with Crippen LogP contribution < -0.4 is 10.0 Å². The van der Waals surface area contributed by atoms with E-state index in [1.54, 1.807) is 7.11 Å². The Bertz CT molecular complexity index is 473. The molecular weight excluding hydrogens is 297 g/mol. The largest absolute Gasteiger partial charge is 0.383 e. The van der Waals surface area contributed by atoms with Crippen molar-refractivity contribution in [2.75, 3.05) is 33.4 Å². The average molecular weight is 314 g/mol. The fourth-order valence-electron chi connectivity index (χ4n) is 1.20. The predicted octanol–water partition coefficient (Wildman–Crippen LogP) is 0.157. The van der Waals surface area contributed by atoms with E-state index in [0.29, 0.717) is 19.7 Å².